The Balaban J connectivity index is 1.77. The van der Waals surface area contributed by atoms with Crippen LogP contribution in [0.15, 0.2) is 24.3 Å². The summed E-state index contributed by atoms with van der Waals surface area (Å²) in [6.07, 6.45) is 4.26. The Morgan fingerprint density at radius 2 is 2.16 bits per heavy atom. The van der Waals surface area contributed by atoms with Crippen LogP contribution < -0.4 is 5.73 Å². The molecule has 102 valence electrons. The fourth-order valence-electron chi connectivity index (χ4n) is 3.46. The summed E-state index contributed by atoms with van der Waals surface area (Å²) in [4.78, 5) is 14.8. The molecule has 1 heterocycles. The van der Waals surface area contributed by atoms with E-state index in [1.165, 1.54) is 17.5 Å². The smallest absolute Gasteiger partial charge is 0.230 e. The van der Waals surface area contributed by atoms with Gasteiger partial charge in [0, 0.05) is 18.6 Å². The molecule has 1 aliphatic carbocycles. The van der Waals surface area contributed by atoms with E-state index >= 15 is 0 Å². The minimum atomic E-state index is 0.0690. The molecular formula is C16H22N2O. The first-order chi connectivity index (χ1) is 9.18. The van der Waals surface area contributed by atoms with E-state index in [9.17, 15) is 4.79 Å². The fraction of sp³-hybridized carbons (Fsp3) is 0.562. The van der Waals surface area contributed by atoms with Crippen molar-refractivity contribution >= 4 is 5.91 Å². The average molecular weight is 258 g/mol. The maximum atomic E-state index is 12.7. The first kappa shape index (κ1) is 12.7. The van der Waals surface area contributed by atoms with Gasteiger partial charge in [0.1, 0.15) is 0 Å². The van der Waals surface area contributed by atoms with Crippen molar-refractivity contribution in [2.45, 2.75) is 50.6 Å². The van der Waals surface area contributed by atoms with Gasteiger partial charge in [-0.15, -0.1) is 0 Å². The maximum absolute atomic E-state index is 12.7. The van der Waals surface area contributed by atoms with Crippen LogP contribution in [-0.4, -0.2) is 29.4 Å². The lowest BCUT2D eigenvalue weighted by atomic mass is 9.76. The SMILES string of the molecule is CC(N)C1CCCCN1C(=O)C1Cc2ccccc21. The number of fused-ring (bicyclic) bond motifs is 1. The van der Waals surface area contributed by atoms with E-state index in [4.69, 9.17) is 5.73 Å². The number of carbonyl (C=O) groups excluding carboxylic acids is 1. The Kier molecular flexibility index (Phi) is 3.31. The molecule has 3 rings (SSSR count). The predicted octanol–water partition coefficient (Wildman–Crippen LogP) is 2.05. The van der Waals surface area contributed by atoms with Crippen molar-refractivity contribution in [2.24, 2.45) is 5.73 Å². The van der Waals surface area contributed by atoms with E-state index < -0.39 is 0 Å². The highest BCUT2D eigenvalue weighted by molar-refractivity contribution is 5.87. The van der Waals surface area contributed by atoms with Crippen molar-refractivity contribution in [1.82, 2.24) is 4.90 Å². The third kappa shape index (κ3) is 2.16. The van der Waals surface area contributed by atoms with Crippen molar-refractivity contribution in [1.29, 1.82) is 0 Å². The molecule has 3 unspecified atom stereocenters. The van der Waals surface area contributed by atoms with Gasteiger partial charge in [-0.25, -0.2) is 0 Å². The first-order valence-electron chi connectivity index (χ1n) is 7.32. The van der Waals surface area contributed by atoms with Gasteiger partial charge in [-0.2, -0.15) is 0 Å². The molecule has 1 amide bonds. The molecule has 1 aromatic carbocycles. The second-order valence-corrected chi connectivity index (χ2v) is 5.91. The van der Waals surface area contributed by atoms with Crippen LogP contribution in [0.4, 0.5) is 0 Å². The van der Waals surface area contributed by atoms with Gasteiger partial charge in [-0.05, 0) is 43.7 Å². The van der Waals surface area contributed by atoms with Crippen molar-refractivity contribution in [2.75, 3.05) is 6.54 Å². The number of likely N-dealkylation sites (tertiary alicyclic amines) is 1. The molecule has 1 saturated heterocycles. The number of nitrogens with two attached hydrogens (primary N) is 1. The van der Waals surface area contributed by atoms with Crippen LogP contribution in [0.1, 0.15) is 43.2 Å². The number of benzene rings is 1. The van der Waals surface area contributed by atoms with E-state index in [2.05, 4.69) is 17.0 Å². The normalized spacial score (nSPS) is 27.4. The Labute approximate surface area is 114 Å². The van der Waals surface area contributed by atoms with Gasteiger partial charge in [0.15, 0.2) is 0 Å². The Hall–Kier alpha value is -1.35. The highest BCUT2D eigenvalue weighted by Crippen LogP contribution is 2.37. The Bertz CT molecular complexity index is 483. The maximum Gasteiger partial charge on any atom is 0.230 e. The molecule has 19 heavy (non-hydrogen) atoms. The Morgan fingerprint density at radius 1 is 1.37 bits per heavy atom. The van der Waals surface area contributed by atoms with Gasteiger partial charge < -0.3 is 10.6 Å². The molecule has 0 aromatic heterocycles. The highest BCUT2D eigenvalue weighted by atomic mass is 16.2. The topological polar surface area (TPSA) is 46.3 Å². The van der Waals surface area contributed by atoms with Crippen LogP contribution in [0.3, 0.4) is 0 Å². The summed E-state index contributed by atoms with van der Waals surface area (Å²) >= 11 is 0. The molecule has 2 aliphatic rings. The van der Waals surface area contributed by atoms with Gasteiger partial charge in [-0.1, -0.05) is 24.3 Å². The lowest BCUT2D eigenvalue weighted by Crippen LogP contribution is -2.54. The van der Waals surface area contributed by atoms with E-state index in [1.54, 1.807) is 0 Å². The van der Waals surface area contributed by atoms with Gasteiger partial charge in [-0.3, -0.25) is 4.79 Å². The second-order valence-electron chi connectivity index (χ2n) is 5.91. The number of rotatable bonds is 2. The molecule has 3 heteroatoms. The molecule has 0 radical (unpaired) electrons. The third-order valence-electron chi connectivity index (χ3n) is 4.59. The number of carbonyl (C=O) groups is 1. The monoisotopic (exact) mass is 258 g/mol. The predicted molar refractivity (Wildman–Crippen MR) is 75.9 cm³/mol. The zero-order valence-electron chi connectivity index (χ0n) is 11.5. The van der Waals surface area contributed by atoms with Crippen LogP contribution in [0.5, 0.6) is 0 Å². The van der Waals surface area contributed by atoms with Crippen LogP contribution in [0.25, 0.3) is 0 Å². The molecule has 3 atom stereocenters. The minimum absolute atomic E-state index is 0.0690. The zero-order valence-corrected chi connectivity index (χ0v) is 11.5. The lowest BCUT2D eigenvalue weighted by Gasteiger charge is -2.42. The molecule has 1 aliphatic heterocycles. The molecule has 0 spiro atoms. The second kappa shape index (κ2) is 4.97. The van der Waals surface area contributed by atoms with Gasteiger partial charge in [0.05, 0.1) is 5.92 Å². The molecule has 0 bridgehead atoms. The van der Waals surface area contributed by atoms with Crippen LogP contribution in [0.2, 0.25) is 0 Å². The van der Waals surface area contributed by atoms with Crippen molar-refractivity contribution in [3.8, 4) is 0 Å². The van der Waals surface area contributed by atoms with Crippen LogP contribution in [-0.2, 0) is 11.2 Å². The standard InChI is InChI=1S/C16H22N2O/c1-11(17)15-8-4-5-9-18(15)16(19)14-10-12-6-2-3-7-13(12)14/h2-3,6-7,11,14-15H,4-5,8-10,17H2,1H3. The molecule has 0 saturated carbocycles. The third-order valence-corrected chi connectivity index (χ3v) is 4.59. The summed E-state index contributed by atoms with van der Waals surface area (Å²) in [6, 6.07) is 8.58. The van der Waals surface area contributed by atoms with E-state index in [1.807, 2.05) is 19.1 Å². The van der Waals surface area contributed by atoms with E-state index in [-0.39, 0.29) is 18.0 Å². The summed E-state index contributed by atoms with van der Waals surface area (Å²) in [5.74, 6) is 0.372. The molecular weight excluding hydrogens is 236 g/mol. The Morgan fingerprint density at radius 3 is 2.89 bits per heavy atom. The largest absolute Gasteiger partial charge is 0.338 e. The minimum Gasteiger partial charge on any atom is -0.338 e. The van der Waals surface area contributed by atoms with Crippen LogP contribution >= 0.6 is 0 Å². The van der Waals surface area contributed by atoms with E-state index in [0.29, 0.717) is 5.91 Å². The number of nitrogens with zero attached hydrogens (tertiary/aromatic N) is 1. The van der Waals surface area contributed by atoms with E-state index in [0.717, 1.165) is 25.8 Å². The summed E-state index contributed by atoms with van der Waals surface area (Å²) in [5.41, 5.74) is 8.61. The van der Waals surface area contributed by atoms with Crippen molar-refractivity contribution in [3.63, 3.8) is 0 Å². The number of hydrogen-bond acceptors (Lipinski definition) is 2. The number of hydrogen-bond donors (Lipinski definition) is 1. The average Bonchev–Trinajstić information content (AvgIpc) is 2.40. The van der Waals surface area contributed by atoms with Crippen molar-refractivity contribution in [3.05, 3.63) is 35.4 Å². The highest BCUT2D eigenvalue weighted by Gasteiger charge is 2.38. The fourth-order valence-corrected chi connectivity index (χ4v) is 3.46. The molecule has 2 N–H and O–H groups in total. The summed E-state index contributed by atoms with van der Waals surface area (Å²) in [6.45, 7) is 2.90. The number of piperidine rings is 1. The quantitative estimate of drug-likeness (QED) is 0.882. The first-order valence-corrected chi connectivity index (χ1v) is 7.32. The molecule has 3 nitrogen and oxygen atoms in total. The summed E-state index contributed by atoms with van der Waals surface area (Å²) in [7, 11) is 0. The summed E-state index contributed by atoms with van der Waals surface area (Å²) in [5, 5.41) is 0. The van der Waals surface area contributed by atoms with Gasteiger partial charge in [0.2, 0.25) is 5.91 Å². The zero-order chi connectivity index (χ0) is 13.4. The molecule has 1 aromatic rings. The molecule has 1 fully saturated rings. The number of amides is 1. The van der Waals surface area contributed by atoms with Crippen molar-refractivity contribution < 1.29 is 4.79 Å². The van der Waals surface area contributed by atoms with Gasteiger partial charge in [0.25, 0.3) is 0 Å². The summed E-state index contributed by atoms with van der Waals surface area (Å²) < 4.78 is 0. The van der Waals surface area contributed by atoms with Crippen LogP contribution in [0, 0.1) is 0 Å². The van der Waals surface area contributed by atoms with Gasteiger partial charge >= 0.3 is 0 Å². The lowest BCUT2D eigenvalue weighted by molar-refractivity contribution is -0.137.